The fourth-order valence-corrected chi connectivity index (χ4v) is 6.84. The van der Waals surface area contributed by atoms with E-state index in [2.05, 4.69) is 53.8 Å². The van der Waals surface area contributed by atoms with Crippen molar-refractivity contribution in [2.75, 3.05) is 13.2 Å². The van der Waals surface area contributed by atoms with Gasteiger partial charge in [0.05, 0.1) is 6.61 Å². The van der Waals surface area contributed by atoms with Crippen LogP contribution in [0.15, 0.2) is 48.5 Å². The van der Waals surface area contributed by atoms with Crippen molar-refractivity contribution >= 4 is 6.16 Å². The fraction of sp³-hybridized carbons (Fsp3) is 0.594. The molecule has 2 atom stereocenters. The first kappa shape index (κ1) is 25.3. The Morgan fingerprint density at radius 3 is 1.78 bits per heavy atom. The van der Waals surface area contributed by atoms with Gasteiger partial charge in [-0.1, -0.05) is 87.1 Å². The molecule has 1 unspecified atom stereocenters. The molecule has 1 N–H and O–H groups in total. The number of rotatable bonds is 7. The van der Waals surface area contributed by atoms with Gasteiger partial charge in [0.2, 0.25) is 0 Å². The van der Waals surface area contributed by atoms with Crippen molar-refractivity contribution in [2.24, 2.45) is 0 Å². The number of hydrogen-bond donors (Lipinski definition) is 1. The van der Waals surface area contributed by atoms with Crippen molar-refractivity contribution in [3.05, 3.63) is 70.8 Å². The third-order valence-corrected chi connectivity index (χ3v) is 8.80. The van der Waals surface area contributed by atoms with Crippen LogP contribution in [0.1, 0.15) is 118 Å². The van der Waals surface area contributed by atoms with Crippen molar-refractivity contribution in [1.29, 1.82) is 0 Å². The molecule has 0 radical (unpaired) electrons. The van der Waals surface area contributed by atoms with Gasteiger partial charge in [0.1, 0.15) is 6.10 Å². The largest absolute Gasteiger partial charge is 0.508 e. The van der Waals surface area contributed by atoms with Crippen LogP contribution in [0.3, 0.4) is 0 Å². The lowest BCUT2D eigenvalue weighted by Gasteiger charge is -2.27. The van der Waals surface area contributed by atoms with E-state index in [-0.39, 0.29) is 18.1 Å². The zero-order valence-corrected chi connectivity index (χ0v) is 21.9. The zero-order chi connectivity index (χ0) is 24.7. The summed E-state index contributed by atoms with van der Waals surface area (Å²) in [7, 11) is 0. The minimum Gasteiger partial charge on any atom is -0.435 e. The highest BCUT2D eigenvalue weighted by Gasteiger charge is 2.35. The molecule has 194 valence electrons. The first-order chi connectivity index (χ1) is 17.7. The Kier molecular flexibility index (Phi) is 8.63. The molecular weight excluding hydrogens is 446 g/mol. The van der Waals surface area contributed by atoms with Crippen LogP contribution in [0.2, 0.25) is 0 Å². The first-order valence-corrected chi connectivity index (χ1v) is 14.5. The molecule has 0 amide bonds. The van der Waals surface area contributed by atoms with E-state index in [0.29, 0.717) is 25.0 Å². The maximum atomic E-state index is 11.9. The Labute approximate surface area is 217 Å². The monoisotopic (exact) mass is 489 g/mol. The van der Waals surface area contributed by atoms with Gasteiger partial charge < -0.3 is 14.8 Å². The molecule has 3 aliphatic rings. The van der Waals surface area contributed by atoms with Gasteiger partial charge in [-0.3, -0.25) is 0 Å². The normalized spacial score (nSPS) is 23.6. The maximum absolute atomic E-state index is 11.9. The van der Waals surface area contributed by atoms with Crippen LogP contribution >= 0.6 is 0 Å². The molecule has 1 heterocycles. The number of carbonyl (C=O) groups excluding carboxylic acids is 1. The highest BCUT2D eigenvalue weighted by atomic mass is 16.7. The van der Waals surface area contributed by atoms with Gasteiger partial charge in [-0.05, 0) is 66.7 Å². The van der Waals surface area contributed by atoms with E-state index >= 15 is 0 Å². The van der Waals surface area contributed by atoms with Crippen molar-refractivity contribution in [3.63, 3.8) is 0 Å². The number of hydrogen-bond acceptors (Lipinski definition) is 4. The quantitative estimate of drug-likeness (QED) is 0.403. The van der Waals surface area contributed by atoms with E-state index in [1.807, 2.05) is 0 Å². The van der Waals surface area contributed by atoms with Gasteiger partial charge in [-0.25, -0.2) is 4.79 Å². The lowest BCUT2D eigenvalue weighted by Crippen LogP contribution is -2.29. The third kappa shape index (κ3) is 6.14. The molecule has 4 nitrogen and oxygen atoms in total. The second kappa shape index (κ2) is 12.3. The minimum atomic E-state index is -0.560. The molecule has 2 aliphatic carbocycles. The fourth-order valence-electron chi connectivity index (χ4n) is 6.84. The van der Waals surface area contributed by atoms with Gasteiger partial charge in [-0.2, -0.15) is 0 Å². The SMILES string of the molecule is CCOC(=O)O[C@H]1CNC(C(c2ccc(C3CCCCC3)cc2)c2ccc(C3CCCCC3)cc2)C1. The van der Waals surface area contributed by atoms with Crippen LogP contribution in [0.5, 0.6) is 0 Å². The number of ether oxygens (including phenoxy) is 2. The number of carbonyl (C=O) groups is 1. The Balaban J connectivity index is 1.36. The second-order valence-electron chi connectivity index (χ2n) is 11.2. The summed E-state index contributed by atoms with van der Waals surface area (Å²) in [4.78, 5) is 11.9. The Morgan fingerprint density at radius 1 is 0.806 bits per heavy atom. The Hall–Kier alpha value is -2.33. The molecule has 3 fully saturated rings. The van der Waals surface area contributed by atoms with E-state index in [1.165, 1.54) is 86.5 Å². The molecule has 2 saturated carbocycles. The average Bonchev–Trinajstić information content (AvgIpc) is 3.38. The van der Waals surface area contributed by atoms with Gasteiger partial charge >= 0.3 is 6.16 Å². The summed E-state index contributed by atoms with van der Waals surface area (Å²) in [5.74, 6) is 1.66. The molecule has 0 bridgehead atoms. The molecular formula is C32H43NO3. The van der Waals surface area contributed by atoms with Gasteiger partial charge in [-0.15, -0.1) is 0 Å². The lowest BCUT2D eigenvalue weighted by atomic mass is 9.79. The molecule has 5 rings (SSSR count). The molecule has 0 spiro atoms. The molecule has 1 aliphatic heterocycles. The van der Waals surface area contributed by atoms with Crippen LogP contribution in [0.4, 0.5) is 4.79 Å². The van der Waals surface area contributed by atoms with E-state index in [9.17, 15) is 4.79 Å². The number of benzene rings is 2. The Bertz CT molecular complexity index is 896. The predicted octanol–water partition coefficient (Wildman–Crippen LogP) is 7.82. The van der Waals surface area contributed by atoms with Gasteiger partial charge in [0, 0.05) is 24.9 Å². The molecule has 0 aromatic heterocycles. The van der Waals surface area contributed by atoms with Gasteiger partial charge in [0.25, 0.3) is 0 Å². The second-order valence-corrected chi connectivity index (χ2v) is 11.2. The van der Waals surface area contributed by atoms with E-state index < -0.39 is 6.16 Å². The van der Waals surface area contributed by atoms with E-state index in [0.717, 1.165) is 6.42 Å². The Morgan fingerprint density at radius 2 is 1.31 bits per heavy atom. The van der Waals surface area contributed by atoms with E-state index in [1.54, 1.807) is 6.92 Å². The molecule has 36 heavy (non-hydrogen) atoms. The van der Waals surface area contributed by atoms with E-state index in [4.69, 9.17) is 9.47 Å². The summed E-state index contributed by atoms with van der Waals surface area (Å²) in [5.41, 5.74) is 5.67. The summed E-state index contributed by atoms with van der Waals surface area (Å²) < 4.78 is 10.6. The van der Waals surface area contributed by atoms with Crippen LogP contribution in [0.25, 0.3) is 0 Å². The van der Waals surface area contributed by atoms with Crippen molar-refractivity contribution < 1.29 is 14.3 Å². The van der Waals surface area contributed by atoms with Crippen LogP contribution in [0, 0.1) is 0 Å². The third-order valence-electron chi connectivity index (χ3n) is 8.80. The van der Waals surface area contributed by atoms with Gasteiger partial charge in [0.15, 0.2) is 0 Å². The lowest BCUT2D eigenvalue weighted by molar-refractivity contribution is 0.0318. The smallest absolute Gasteiger partial charge is 0.435 e. The molecule has 1 saturated heterocycles. The van der Waals surface area contributed by atoms with Crippen LogP contribution in [-0.4, -0.2) is 31.5 Å². The minimum absolute atomic E-state index is 0.153. The first-order valence-electron chi connectivity index (χ1n) is 14.5. The highest BCUT2D eigenvalue weighted by Crippen LogP contribution is 2.38. The van der Waals surface area contributed by atoms with Crippen molar-refractivity contribution in [2.45, 2.75) is 107 Å². The average molecular weight is 490 g/mol. The maximum Gasteiger partial charge on any atom is 0.508 e. The summed E-state index contributed by atoms with van der Waals surface area (Å²) >= 11 is 0. The standard InChI is InChI=1S/C32H43NO3/c1-2-35-32(34)36-29-21-30(33-22-29)31(27-17-13-25(14-18-27)23-9-5-3-6-10-23)28-19-15-26(16-20-28)24-11-7-4-8-12-24/h13-20,23-24,29-31,33H,2-12,21-22H2,1H3/t29-,30?/m1/s1. The number of nitrogens with one attached hydrogen (secondary N) is 1. The van der Waals surface area contributed by atoms with Crippen molar-refractivity contribution in [3.8, 4) is 0 Å². The molecule has 2 aromatic rings. The summed E-state index contributed by atoms with van der Waals surface area (Å²) in [6.45, 7) is 2.81. The summed E-state index contributed by atoms with van der Waals surface area (Å²) in [5, 5.41) is 3.67. The van der Waals surface area contributed by atoms with Crippen LogP contribution < -0.4 is 5.32 Å². The topological polar surface area (TPSA) is 47.6 Å². The molecule has 4 heteroatoms. The molecule has 2 aromatic carbocycles. The predicted molar refractivity (Wildman–Crippen MR) is 145 cm³/mol. The highest BCUT2D eigenvalue weighted by molar-refractivity contribution is 5.60. The summed E-state index contributed by atoms with van der Waals surface area (Å²) in [6, 6.07) is 19.1. The summed E-state index contributed by atoms with van der Waals surface area (Å²) in [6.07, 6.45) is 13.6. The zero-order valence-electron chi connectivity index (χ0n) is 21.9. The van der Waals surface area contributed by atoms with Crippen molar-refractivity contribution in [1.82, 2.24) is 5.32 Å². The van der Waals surface area contributed by atoms with Crippen LogP contribution in [-0.2, 0) is 9.47 Å².